The second kappa shape index (κ2) is 6.67. The molecule has 0 spiro atoms. The summed E-state index contributed by atoms with van der Waals surface area (Å²) in [7, 11) is 0. The topological polar surface area (TPSA) is 42.2 Å². The molecule has 0 saturated heterocycles. The number of hydrogen-bond donors (Lipinski definition) is 1. The molecule has 1 amide bonds. The highest BCUT2D eigenvalue weighted by atomic mass is 35.5. The number of nitrogens with one attached hydrogen (secondary N) is 1. The Hall–Kier alpha value is -1.94. The molecule has 23 heavy (non-hydrogen) atoms. The molecule has 3 nitrogen and oxygen atoms in total. The van der Waals surface area contributed by atoms with Gasteiger partial charge in [-0.15, -0.1) is 0 Å². The van der Waals surface area contributed by atoms with E-state index in [1.165, 1.54) is 0 Å². The lowest BCUT2D eigenvalue weighted by atomic mass is 10.2. The first kappa shape index (κ1) is 15.9. The molecule has 1 heterocycles. The largest absolute Gasteiger partial charge is 0.451 e. The molecule has 116 valence electrons. The Morgan fingerprint density at radius 3 is 2.30 bits per heavy atom. The third-order valence-corrected chi connectivity index (χ3v) is 4.01. The van der Waals surface area contributed by atoms with Gasteiger partial charge in [0.25, 0.3) is 5.91 Å². The highest BCUT2D eigenvalue weighted by Gasteiger charge is 2.15. The van der Waals surface area contributed by atoms with Gasteiger partial charge in [-0.25, -0.2) is 0 Å². The molecular formula is C17H10Cl3NO2. The predicted octanol–water partition coefficient (Wildman–Crippen LogP) is 6.16. The molecule has 0 unspecified atom stereocenters. The monoisotopic (exact) mass is 365 g/mol. The first-order valence-corrected chi connectivity index (χ1v) is 7.79. The van der Waals surface area contributed by atoms with E-state index in [1.807, 2.05) is 12.1 Å². The van der Waals surface area contributed by atoms with Crippen molar-refractivity contribution >= 4 is 46.4 Å². The van der Waals surface area contributed by atoms with Crippen molar-refractivity contribution in [2.75, 3.05) is 5.32 Å². The molecule has 0 aliphatic rings. The van der Waals surface area contributed by atoms with Crippen LogP contribution in [0, 0.1) is 0 Å². The van der Waals surface area contributed by atoms with Crippen LogP contribution in [0.5, 0.6) is 0 Å². The molecule has 0 bridgehead atoms. The Balaban J connectivity index is 1.84. The zero-order valence-electron chi connectivity index (χ0n) is 11.6. The number of halogens is 3. The Labute approximate surface area is 147 Å². The molecule has 0 fully saturated rings. The Morgan fingerprint density at radius 2 is 1.61 bits per heavy atom. The molecular weight excluding hydrogens is 357 g/mol. The number of carbonyl (C=O) groups excluding carboxylic acids is 1. The van der Waals surface area contributed by atoms with Crippen molar-refractivity contribution in [2.45, 2.75) is 0 Å². The number of para-hydroxylation sites is 1. The lowest BCUT2D eigenvalue weighted by Gasteiger charge is -2.07. The van der Waals surface area contributed by atoms with E-state index in [9.17, 15) is 4.79 Å². The third kappa shape index (κ3) is 3.53. The van der Waals surface area contributed by atoms with Gasteiger partial charge in [0.1, 0.15) is 5.76 Å². The van der Waals surface area contributed by atoms with Crippen LogP contribution >= 0.6 is 34.8 Å². The number of hydrogen-bond acceptors (Lipinski definition) is 2. The summed E-state index contributed by atoms with van der Waals surface area (Å²) in [6, 6.07) is 15.4. The quantitative estimate of drug-likeness (QED) is 0.603. The van der Waals surface area contributed by atoms with E-state index in [0.29, 0.717) is 26.5 Å². The first-order valence-electron chi connectivity index (χ1n) is 6.66. The maximum atomic E-state index is 12.3. The summed E-state index contributed by atoms with van der Waals surface area (Å²) in [4.78, 5) is 12.3. The average Bonchev–Trinajstić information content (AvgIpc) is 3.01. The summed E-state index contributed by atoms with van der Waals surface area (Å²) in [6.07, 6.45) is 0. The molecule has 1 N–H and O–H groups in total. The van der Waals surface area contributed by atoms with Crippen molar-refractivity contribution in [1.29, 1.82) is 0 Å². The van der Waals surface area contributed by atoms with E-state index in [1.54, 1.807) is 42.5 Å². The molecule has 0 aliphatic carbocycles. The standard InChI is InChI=1S/C17H10Cl3NO2/c18-11-4-1-3-10(9-11)14-7-8-15(23-14)17(22)21-16-12(19)5-2-6-13(16)20/h1-9H,(H,21,22). The molecule has 0 atom stereocenters. The molecule has 0 radical (unpaired) electrons. The summed E-state index contributed by atoms with van der Waals surface area (Å²) < 4.78 is 5.58. The van der Waals surface area contributed by atoms with E-state index in [-0.39, 0.29) is 5.76 Å². The number of amides is 1. The van der Waals surface area contributed by atoms with Gasteiger partial charge in [0.05, 0.1) is 15.7 Å². The maximum absolute atomic E-state index is 12.3. The Bertz CT molecular complexity index is 854. The van der Waals surface area contributed by atoms with Gasteiger partial charge in [-0.2, -0.15) is 0 Å². The lowest BCUT2D eigenvalue weighted by molar-refractivity contribution is 0.0997. The minimum Gasteiger partial charge on any atom is -0.451 e. The molecule has 6 heteroatoms. The SMILES string of the molecule is O=C(Nc1c(Cl)cccc1Cl)c1ccc(-c2cccc(Cl)c2)o1. The van der Waals surface area contributed by atoms with Gasteiger partial charge in [-0.05, 0) is 36.4 Å². The highest BCUT2D eigenvalue weighted by molar-refractivity contribution is 6.40. The van der Waals surface area contributed by atoms with Crippen LogP contribution in [0.25, 0.3) is 11.3 Å². The van der Waals surface area contributed by atoms with E-state index < -0.39 is 5.91 Å². The summed E-state index contributed by atoms with van der Waals surface area (Å²) in [5, 5.41) is 3.95. The van der Waals surface area contributed by atoms with Gasteiger partial charge < -0.3 is 9.73 Å². The minimum absolute atomic E-state index is 0.149. The van der Waals surface area contributed by atoms with Crippen molar-refractivity contribution < 1.29 is 9.21 Å². The van der Waals surface area contributed by atoms with E-state index >= 15 is 0 Å². The van der Waals surface area contributed by atoms with Crippen molar-refractivity contribution in [3.8, 4) is 11.3 Å². The van der Waals surface area contributed by atoms with Crippen LogP contribution in [0.15, 0.2) is 59.0 Å². The summed E-state index contributed by atoms with van der Waals surface area (Å²) in [5.74, 6) is 0.257. The average molecular weight is 367 g/mol. The van der Waals surface area contributed by atoms with Gasteiger partial charge in [0.15, 0.2) is 5.76 Å². The molecule has 2 aromatic carbocycles. The van der Waals surface area contributed by atoms with Crippen LogP contribution in [-0.4, -0.2) is 5.91 Å². The fourth-order valence-electron chi connectivity index (χ4n) is 2.05. The van der Waals surface area contributed by atoms with Crippen molar-refractivity contribution in [2.24, 2.45) is 0 Å². The maximum Gasteiger partial charge on any atom is 0.291 e. The highest BCUT2D eigenvalue weighted by Crippen LogP contribution is 2.31. The summed E-state index contributed by atoms with van der Waals surface area (Å²) in [6.45, 7) is 0. The van der Waals surface area contributed by atoms with Gasteiger partial charge in [0, 0.05) is 10.6 Å². The van der Waals surface area contributed by atoms with Crippen molar-refractivity contribution in [3.05, 3.63) is 75.4 Å². The molecule has 3 rings (SSSR count). The van der Waals surface area contributed by atoms with Crippen molar-refractivity contribution in [1.82, 2.24) is 0 Å². The van der Waals surface area contributed by atoms with Gasteiger partial charge in [-0.3, -0.25) is 4.79 Å². The normalized spacial score (nSPS) is 10.6. The number of anilines is 1. The van der Waals surface area contributed by atoms with Crippen molar-refractivity contribution in [3.63, 3.8) is 0 Å². The van der Waals surface area contributed by atoms with Gasteiger partial charge in [-0.1, -0.05) is 53.0 Å². The first-order chi connectivity index (χ1) is 11.0. The lowest BCUT2D eigenvalue weighted by Crippen LogP contribution is -2.11. The number of benzene rings is 2. The fourth-order valence-corrected chi connectivity index (χ4v) is 2.73. The van der Waals surface area contributed by atoms with Crippen LogP contribution < -0.4 is 5.32 Å². The number of carbonyl (C=O) groups is 1. The smallest absolute Gasteiger partial charge is 0.291 e. The molecule has 0 aliphatic heterocycles. The third-order valence-electron chi connectivity index (χ3n) is 3.14. The predicted molar refractivity (Wildman–Crippen MR) is 93.6 cm³/mol. The van der Waals surface area contributed by atoms with E-state index in [4.69, 9.17) is 39.2 Å². The number of furan rings is 1. The second-order valence-corrected chi connectivity index (χ2v) is 5.98. The van der Waals surface area contributed by atoms with Crippen LogP contribution in [0.1, 0.15) is 10.6 Å². The van der Waals surface area contributed by atoms with Gasteiger partial charge in [0.2, 0.25) is 0 Å². The Kier molecular flexibility index (Phi) is 4.62. The molecule has 0 saturated carbocycles. The molecule has 1 aromatic heterocycles. The van der Waals surface area contributed by atoms with Crippen LogP contribution in [0.2, 0.25) is 15.1 Å². The van der Waals surface area contributed by atoms with E-state index in [0.717, 1.165) is 5.56 Å². The number of rotatable bonds is 3. The summed E-state index contributed by atoms with van der Waals surface area (Å²) >= 11 is 18.0. The zero-order chi connectivity index (χ0) is 16.4. The minimum atomic E-state index is -0.437. The molecule has 3 aromatic rings. The van der Waals surface area contributed by atoms with Crippen LogP contribution in [-0.2, 0) is 0 Å². The zero-order valence-corrected chi connectivity index (χ0v) is 13.9. The second-order valence-electron chi connectivity index (χ2n) is 4.73. The van der Waals surface area contributed by atoms with E-state index in [2.05, 4.69) is 5.32 Å². The van der Waals surface area contributed by atoms with Crippen LogP contribution in [0.3, 0.4) is 0 Å². The fraction of sp³-hybridized carbons (Fsp3) is 0. The summed E-state index contributed by atoms with van der Waals surface area (Å²) in [5.41, 5.74) is 1.13. The van der Waals surface area contributed by atoms with Gasteiger partial charge >= 0.3 is 0 Å². The van der Waals surface area contributed by atoms with Crippen LogP contribution in [0.4, 0.5) is 5.69 Å². The Morgan fingerprint density at radius 1 is 0.913 bits per heavy atom.